The number of nitrogens with one attached hydrogen (secondary N) is 2. The summed E-state index contributed by atoms with van der Waals surface area (Å²) >= 11 is 3.33. The molecule has 0 saturated heterocycles. The molecule has 0 aliphatic carbocycles. The quantitative estimate of drug-likeness (QED) is 0.709. The minimum atomic E-state index is -0.403. The number of carbonyl (C=O) groups is 1. The summed E-state index contributed by atoms with van der Waals surface area (Å²) in [5.41, 5.74) is 1.35. The number of H-pyrrole nitrogens is 1. The first-order valence-corrected chi connectivity index (χ1v) is 8.17. The number of aryl methyl sites for hydroxylation is 1. The molecule has 0 unspecified atom stereocenters. The Kier molecular flexibility index (Phi) is 4.76. The van der Waals surface area contributed by atoms with Crippen LogP contribution in [0, 0.1) is 5.82 Å². The normalized spacial score (nSPS) is 10.8. The van der Waals surface area contributed by atoms with Crippen LogP contribution in [-0.4, -0.2) is 10.9 Å². The summed E-state index contributed by atoms with van der Waals surface area (Å²) in [4.78, 5) is 26.7. The van der Waals surface area contributed by atoms with Crippen molar-refractivity contribution >= 4 is 38.4 Å². The molecule has 3 aromatic rings. The molecule has 0 bridgehead atoms. The van der Waals surface area contributed by atoms with E-state index in [-0.39, 0.29) is 17.9 Å². The van der Waals surface area contributed by atoms with Crippen LogP contribution in [0.5, 0.6) is 0 Å². The highest BCUT2D eigenvalue weighted by atomic mass is 79.9. The van der Waals surface area contributed by atoms with E-state index in [9.17, 15) is 14.0 Å². The average Bonchev–Trinajstić information content (AvgIpc) is 2.55. The molecule has 1 amide bonds. The van der Waals surface area contributed by atoms with Crippen molar-refractivity contribution in [3.05, 3.63) is 74.7 Å². The summed E-state index contributed by atoms with van der Waals surface area (Å²) < 4.78 is 14.1. The average molecular weight is 389 g/mol. The lowest BCUT2D eigenvalue weighted by atomic mass is 10.1. The number of benzene rings is 2. The first kappa shape index (κ1) is 16.4. The Hall–Kier alpha value is -2.47. The molecule has 122 valence electrons. The number of halogens is 2. The van der Waals surface area contributed by atoms with Crippen molar-refractivity contribution in [2.45, 2.75) is 12.8 Å². The Morgan fingerprint density at radius 1 is 1.12 bits per heavy atom. The van der Waals surface area contributed by atoms with E-state index >= 15 is 0 Å². The maximum Gasteiger partial charge on any atom is 0.251 e. The molecule has 3 rings (SSSR count). The van der Waals surface area contributed by atoms with Crippen molar-refractivity contribution in [1.82, 2.24) is 4.98 Å². The van der Waals surface area contributed by atoms with Crippen LogP contribution in [-0.2, 0) is 11.2 Å². The topological polar surface area (TPSA) is 62.0 Å². The molecule has 0 fully saturated rings. The Balaban J connectivity index is 1.69. The lowest BCUT2D eigenvalue weighted by Gasteiger charge is -2.06. The molecule has 2 N–H and O–H groups in total. The van der Waals surface area contributed by atoms with Crippen LogP contribution in [0.1, 0.15) is 12.0 Å². The first-order chi connectivity index (χ1) is 11.5. The maximum absolute atomic E-state index is 13.2. The Bertz CT molecular complexity index is 951. The van der Waals surface area contributed by atoms with Gasteiger partial charge in [-0.15, -0.1) is 0 Å². The van der Waals surface area contributed by atoms with Gasteiger partial charge in [0.05, 0.1) is 5.52 Å². The number of amides is 1. The second-order valence-corrected chi connectivity index (χ2v) is 6.33. The van der Waals surface area contributed by atoms with Crippen LogP contribution >= 0.6 is 15.9 Å². The van der Waals surface area contributed by atoms with E-state index in [1.807, 2.05) is 12.1 Å². The van der Waals surface area contributed by atoms with E-state index in [1.165, 1.54) is 12.1 Å². The molecule has 0 spiro atoms. The van der Waals surface area contributed by atoms with Gasteiger partial charge in [0.1, 0.15) is 5.82 Å². The smallest absolute Gasteiger partial charge is 0.251 e. The Morgan fingerprint density at radius 3 is 2.62 bits per heavy atom. The molecule has 0 atom stereocenters. The van der Waals surface area contributed by atoms with E-state index in [0.717, 1.165) is 9.86 Å². The van der Waals surface area contributed by atoms with Crippen molar-refractivity contribution < 1.29 is 9.18 Å². The van der Waals surface area contributed by atoms with Gasteiger partial charge in [-0.05, 0) is 60.3 Å². The zero-order valence-corrected chi connectivity index (χ0v) is 14.2. The molecule has 0 saturated carbocycles. The minimum absolute atomic E-state index is 0.170. The minimum Gasteiger partial charge on any atom is -0.326 e. The molecule has 0 aliphatic rings. The lowest BCUT2D eigenvalue weighted by molar-refractivity contribution is -0.116. The molecule has 24 heavy (non-hydrogen) atoms. The van der Waals surface area contributed by atoms with E-state index in [1.54, 1.807) is 24.3 Å². The molecule has 0 radical (unpaired) electrons. The zero-order valence-electron chi connectivity index (χ0n) is 12.6. The standard InChI is InChI=1S/C18H14BrFN2O2/c19-13-3-6-15(7-4-13)21-17(23)8-2-12-9-11-1-5-14(20)10-16(11)22-18(12)24/h1,3-7,9-10H,2,8H2,(H,21,23)(H,22,24). The SMILES string of the molecule is O=C(CCc1cc2ccc(F)cc2[nH]c1=O)Nc1ccc(Br)cc1. The lowest BCUT2D eigenvalue weighted by Crippen LogP contribution is -2.17. The summed E-state index contributed by atoms with van der Waals surface area (Å²) in [7, 11) is 0. The van der Waals surface area contributed by atoms with E-state index in [0.29, 0.717) is 23.2 Å². The highest BCUT2D eigenvalue weighted by Crippen LogP contribution is 2.15. The fraction of sp³-hybridized carbons (Fsp3) is 0.111. The predicted octanol–water partition coefficient (Wildman–Crippen LogP) is 4.00. The maximum atomic E-state index is 13.2. The van der Waals surface area contributed by atoms with Crippen LogP contribution in [0.15, 0.2) is 57.8 Å². The van der Waals surface area contributed by atoms with Crippen LogP contribution in [0.25, 0.3) is 10.9 Å². The molecule has 4 nitrogen and oxygen atoms in total. The zero-order chi connectivity index (χ0) is 17.1. The number of fused-ring (bicyclic) bond motifs is 1. The van der Waals surface area contributed by atoms with Crippen molar-refractivity contribution in [2.24, 2.45) is 0 Å². The highest BCUT2D eigenvalue weighted by Gasteiger charge is 2.08. The van der Waals surface area contributed by atoms with Gasteiger partial charge in [0, 0.05) is 22.1 Å². The Morgan fingerprint density at radius 2 is 1.88 bits per heavy atom. The van der Waals surface area contributed by atoms with Gasteiger partial charge in [0.25, 0.3) is 5.56 Å². The van der Waals surface area contributed by atoms with E-state index in [2.05, 4.69) is 26.2 Å². The van der Waals surface area contributed by atoms with Crippen molar-refractivity contribution in [2.75, 3.05) is 5.32 Å². The number of hydrogen-bond donors (Lipinski definition) is 2. The van der Waals surface area contributed by atoms with Crippen LogP contribution in [0.2, 0.25) is 0 Å². The van der Waals surface area contributed by atoms with Crippen LogP contribution in [0.4, 0.5) is 10.1 Å². The van der Waals surface area contributed by atoms with Gasteiger partial charge in [0.2, 0.25) is 5.91 Å². The number of hydrogen-bond acceptors (Lipinski definition) is 2. The third-order valence-corrected chi connectivity index (χ3v) is 4.16. The van der Waals surface area contributed by atoms with Gasteiger partial charge in [-0.2, -0.15) is 0 Å². The van der Waals surface area contributed by atoms with Gasteiger partial charge in [-0.3, -0.25) is 9.59 Å². The van der Waals surface area contributed by atoms with Gasteiger partial charge >= 0.3 is 0 Å². The molecule has 6 heteroatoms. The number of pyridine rings is 1. The summed E-state index contributed by atoms with van der Waals surface area (Å²) in [6.45, 7) is 0. The van der Waals surface area contributed by atoms with Crippen molar-refractivity contribution in [1.29, 1.82) is 0 Å². The first-order valence-electron chi connectivity index (χ1n) is 7.38. The number of anilines is 1. The summed E-state index contributed by atoms with van der Waals surface area (Å²) in [6.07, 6.45) is 0.497. The summed E-state index contributed by atoms with van der Waals surface area (Å²) in [5, 5.41) is 3.52. The third-order valence-electron chi connectivity index (χ3n) is 3.63. The van der Waals surface area contributed by atoms with Gasteiger partial charge in [-0.25, -0.2) is 4.39 Å². The van der Waals surface area contributed by atoms with Crippen LogP contribution in [0.3, 0.4) is 0 Å². The molecule has 0 aliphatic heterocycles. The van der Waals surface area contributed by atoms with Crippen molar-refractivity contribution in [3.8, 4) is 0 Å². The van der Waals surface area contributed by atoms with Gasteiger partial charge in [0.15, 0.2) is 0 Å². The molecule has 1 heterocycles. The molecular weight excluding hydrogens is 375 g/mol. The highest BCUT2D eigenvalue weighted by molar-refractivity contribution is 9.10. The molecule has 1 aromatic heterocycles. The van der Waals surface area contributed by atoms with Crippen molar-refractivity contribution in [3.63, 3.8) is 0 Å². The summed E-state index contributed by atoms with van der Waals surface area (Å²) in [6, 6.07) is 13.2. The fourth-order valence-corrected chi connectivity index (χ4v) is 2.67. The second-order valence-electron chi connectivity index (χ2n) is 5.41. The molecular formula is C18H14BrFN2O2. The monoisotopic (exact) mass is 388 g/mol. The van der Waals surface area contributed by atoms with Crippen LogP contribution < -0.4 is 10.9 Å². The van der Waals surface area contributed by atoms with Gasteiger partial charge < -0.3 is 10.3 Å². The number of aromatic nitrogens is 1. The Labute approximate surface area is 145 Å². The summed E-state index contributed by atoms with van der Waals surface area (Å²) in [5.74, 6) is -0.573. The number of aromatic amines is 1. The largest absolute Gasteiger partial charge is 0.326 e. The fourth-order valence-electron chi connectivity index (χ4n) is 2.41. The third kappa shape index (κ3) is 3.89. The van der Waals surface area contributed by atoms with E-state index < -0.39 is 5.82 Å². The number of carbonyl (C=O) groups excluding carboxylic acids is 1. The van der Waals surface area contributed by atoms with Gasteiger partial charge in [-0.1, -0.05) is 15.9 Å². The second kappa shape index (κ2) is 6.97. The molecule has 2 aromatic carbocycles. The van der Waals surface area contributed by atoms with E-state index in [4.69, 9.17) is 0 Å². The number of rotatable bonds is 4. The predicted molar refractivity (Wildman–Crippen MR) is 95.6 cm³/mol.